The smallest absolute Gasteiger partial charge is 0.277 e. The van der Waals surface area contributed by atoms with E-state index in [1.54, 1.807) is 49.5 Å². The van der Waals surface area contributed by atoms with Gasteiger partial charge in [0.05, 0.1) is 21.9 Å². The van der Waals surface area contributed by atoms with Crippen molar-refractivity contribution in [3.8, 4) is 27.7 Å². The molecule has 2 aromatic carbocycles. The Kier molecular flexibility index (Phi) is 5.85. The number of hydrogen-bond donors (Lipinski definition) is 1. The topological polar surface area (TPSA) is 141 Å². The van der Waals surface area contributed by atoms with Crippen molar-refractivity contribution in [2.24, 2.45) is 5.92 Å². The molecule has 0 aliphatic rings. The molecule has 0 bridgehead atoms. The molecule has 0 unspecified atom stereocenters. The number of non-ortho nitro benzene ring substituents is 1. The Morgan fingerprint density at radius 2 is 1.88 bits per heavy atom. The summed E-state index contributed by atoms with van der Waals surface area (Å²) in [6.45, 7) is 1.71. The fraction of sp³-hybridized carbons (Fsp3) is 0.130. The third kappa shape index (κ3) is 4.03. The number of hydrogen-bond acceptors (Lipinski definition) is 7. The van der Waals surface area contributed by atoms with Crippen molar-refractivity contribution >= 4 is 17.0 Å². The van der Waals surface area contributed by atoms with Gasteiger partial charge in [0.1, 0.15) is 5.92 Å². The van der Waals surface area contributed by atoms with Crippen molar-refractivity contribution in [1.29, 1.82) is 10.5 Å². The first-order valence-corrected chi connectivity index (χ1v) is 10.6. The number of benzene rings is 2. The maximum absolute atomic E-state index is 13.4. The molecule has 9 nitrogen and oxygen atoms in total. The van der Waals surface area contributed by atoms with E-state index in [2.05, 4.69) is 10.1 Å². The van der Waals surface area contributed by atoms with Gasteiger partial charge >= 0.3 is 0 Å². The second-order valence-electron chi connectivity index (χ2n) is 7.23. The lowest BCUT2D eigenvalue weighted by Crippen LogP contribution is -2.23. The summed E-state index contributed by atoms with van der Waals surface area (Å²) in [7, 11) is 0. The first-order valence-electron chi connectivity index (χ1n) is 9.81. The Hall–Kier alpha value is -4.54. The number of aromatic amines is 1. The lowest BCUT2D eigenvalue weighted by Gasteiger charge is -2.16. The van der Waals surface area contributed by atoms with Crippen LogP contribution in [-0.2, 0) is 0 Å². The second kappa shape index (κ2) is 8.91. The zero-order valence-electron chi connectivity index (χ0n) is 17.3. The molecule has 0 amide bonds. The Bertz CT molecular complexity index is 1460. The summed E-state index contributed by atoms with van der Waals surface area (Å²) in [5.74, 6) is -1.79. The summed E-state index contributed by atoms with van der Waals surface area (Å²) >= 11 is 1.19. The molecule has 1 N–H and O–H groups in total. The van der Waals surface area contributed by atoms with Crippen molar-refractivity contribution in [3.05, 3.63) is 98.1 Å². The van der Waals surface area contributed by atoms with E-state index in [0.29, 0.717) is 32.4 Å². The molecule has 10 heteroatoms. The van der Waals surface area contributed by atoms with Gasteiger partial charge in [-0.2, -0.15) is 15.2 Å². The summed E-state index contributed by atoms with van der Waals surface area (Å²) in [6, 6.07) is 19.1. The molecule has 4 rings (SSSR count). The van der Waals surface area contributed by atoms with Crippen molar-refractivity contribution in [1.82, 2.24) is 14.8 Å². The molecule has 0 fully saturated rings. The molecule has 0 radical (unpaired) electrons. The molecule has 0 spiro atoms. The van der Waals surface area contributed by atoms with E-state index in [1.165, 1.54) is 28.2 Å². The highest BCUT2D eigenvalue weighted by atomic mass is 32.1. The molecule has 162 valence electrons. The van der Waals surface area contributed by atoms with E-state index < -0.39 is 22.3 Å². The van der Waals surface area contributed by atoms with Gasteiger partial charge in [-0.05, 0) is 12.5 Å². The minimum atomic E-state index is -1.06. The molecule has 4 aromatic rings. The highest BCUT2D eigenvalue weighted by molar-refractivity contribution is 7.17. The first kappa shape index (κ1) is 21.7. The van der Waals surface area contributed by atoms with Gasteiger partial charge in [0.2, 0.25) is 5.13 Å². The fourth-order valence-corrected chi connectivity index (χ4v) is 4.57. The lowest BCUT2D eigenvalue weighted by atomic mass is 9.82. The Balaban J connectivity index is 1.80. The number of nitro benzene ring substituents is 1. The summed E-state index contributed by atoms with van der Waals surface area (Å²) in [6.07, 6.45) is 1.55. The SMILES string of the molecule is Cc1[nH]n(-c2ncc(-c3cccc([N+](=O)[O-])c3)s2)c(=O)c1[C@H](c1ccccc1)C(C#N)C#N. The number of nitrogens with zero attached hydrogens (tertiary/aromatic N) is 5. The van der Waals surface area contributed by atoms with Crippen LogP contribution in [0.4, 0.5) is 5.69 Å². The maximum atomic E-state index is 13.4. The predicted octanol–water partition coefficient (Wildman–Crippen LogP) is 4.30. The number of nitro groups is 1. The Morgan fingerprint density at radius 1 is 1.15 bits per heavy atom. The molecule has 0 aliphatic heterocycles. The minimum absolute atomic E-state index is 0.0395. The number of nitrogens with one attached hydrogen (secondary N) is 1. The van der Waals surface area contributed by atoms with Crippen molar-refractivity contribution in [2.75, 3.05) is 0 Å². The molecule has 0 saturated heterocycles. The fourth-order valence-electron chi connectivity index (χ4n) is 3.70. The van der Waals surface area contributed by atoms with Crippen molar-refractivity contribution in [3.63, 3.8) is 0 Å². The molecule has 0 aliphatic carbocycles. The van der Waals surface area contributed by atoms with E-state index in [0.717, 1.165) is 0 Å². The average Bonchev–Trinajstić information content (AvgIpc) is 3.43. The van der Waals surface area contributed by atoms with Crippen molar-refractivity contribution in [2.45, 2.75) is 12.8 Å². The molecular formula is C23H16N6O3S. The van der Waals surface area contributed by atoms with Crippen LogP contribution < -0.4 is 5.56 Å². The van der Waals surface area contributed by atoms with Crippen LogP contribution >= 0.6 is 11.3 Å². The zero-order valence-corrected chi connectivity index (χ0v) is 18.1. The molecule has 1 atom stereocenters. The highest BCUT2D eigenvalue weighted by Gasteiger charge is 2.31. The number of H-pyrrole nitrogens is 1. The van der Waals surface area contributed by atoms with Gasteiger partial charge in [0, 0.05) is 41.1 Å². The molecule has 2 aromatic heterocycles. The number of aromatic nitrogens is 3. The first-order chi connectivity index (χ1) is 15.9. The van der Waals surface area contributed by atoms with Crippen LogP contribution in [0, 0.1) is 45.6 Å². The van der Waals surface area contributed by atoms with Crippen LogP contribution in [-0.4, -0.2) is 19.7 Å². The van der Waals surface area contributed by atoms with Gasteiger partial charge in [0.25, 0.3) is 11.2 Å². The van der Waals surface area contributed by atoms with Gasteiger partial charge in [-0.25, -0.2) is 4.98 Å². The van der Waals surface area contributed by atoms with Crippen LogP contribution in [0.1, 0.15) is 22.7 Å². The van der Waals surface area contributed by atoms with Gasteiger partial charge < -0.3 is 0 Å². The zero-order chi connectivity index (χ0) is 23.5. The Morgan fingerprint density at radius 3 is 2.55 bits per heavy atom. The second-order valence-corrected chi connectivity index (χ2v) is 8.24. The summed E-state index contributed by atoms with van der Waals surface area (Å²) < 4.78 is 1.28. The highest BCUT2D eigenvalue weighted by Crippen LogP contribution is 2.33. The minimum Gasteiger partial charge on any atom is -0.293 e. The van der Waals surface area contributed by atoms with E-state index in [-0.39, 0.29) is 5.69 Å². The largest absolute Gasteiger partial charge is 0.293 e. The normalized spacial score (nSPS) is 11.6. The van der Waals surface area contributed by atoms with E-state index in [4.69, 9.17) is 0 Å². The van der Waals surface area contributed by atoms with Gasteiger partial charge in [-0.1, -0.05) is 53.8 Å². The number of thiazole rings is 1. The number of rotatable bonds is 6. The van der Waals surface area contributed by atoms with Crippen molar-refractivity contribution < 1.29 is 4.92 Å². The van der Waals surface area contributed by atoms with E-state index in [9.17, 15) is 25.4 Å². The van der Waals surface area contributed by atoms with Gasteiger partial charge in [-0.3, -0.25) is 20.0 Å². The van der Waals surface area contributed by atoms with Crippen LogP contribution in [0.3, 0.4) is 0 Å². The monoisotopic (exact) mass is 456 g/mol. The predicted molar refractivity (Wildman–Crippen MR) is 122 cm³/mol. The third-order valence-corrected chi connectivity index (χ3v) is 6.26. The lowest BCUT2D eigenvalue weighted by molar-refractivity contribution is -0.384. The van der Waals surface area contributed by atoms with Crippen LogP contribution in [0.25, 0.3) is 15.6 Å². The quantitative estimate of drug-likeness (QED) is 0.339. The van der Waals surface area contributed by atoms with Crippen LogP contribution in [0.15, 0.2) is 65.6 Å². The molecule has 33 heavy (non-hydrogen) atoms. The van der Waals surface area contributed by atoms with Crippen LogP contribution in [0.5, 0.6) is 0 Å². The van der Waals surface area contributed by atoms with Gasteiger partial charge in [-0.15, -0.1) is 0 Å². The molecular weight excluding hydrogens is 440 g/mol. The number of aryl methyl sites for hydroxylation is 1. The summed E-state index contributed by atoms with van der Waals surface area (Å²) in [5, 5.41) is 33.6. The van der Waals surface area contributed by atoms with Crippen LogP contribution in [0.2, 0.25) is 0 Å². The third-order valence-electron chi connectivity index (χ3n) is 5.22. The molecule has 0 saturated carbocycles. The maximum Gasteiger partial charge on any atom is 0.277 e. The number of nitriles is 2. The van der Waals surface area contributed by atoms with Gasteiger partial charge in [0.15, 0.2) is 0 Å². The standard InChI is InChI=1S/C23H16N6O3S/c1-14-20(21(17(11-24)12-25)15-6-3-2-4-7-15)22(30)28(27-14)23-26-13-19(33-23)16-8-5-9-18(10-16)29(31)32/h2-10,13,17,21,27H,1H3/t21-/m1/s1. The molecule has 2 heterocycles. The Labute approximate surface area is 191 Å². The van der Waals surface area contributed by atoms with E-state index in [1.807, 2.05) is 18.2 Å². The average molecular weight is 456 g/mol. The van der Waals surface area contributed by atoms with E-state index >= 15 is 0 Å². The summed E-state index contributed by atoms with van der Waals surface area (Å²) in [5.41, 5.74) is 1.70. The summed E-state index contributed by atoms with van der Waals surface area (Å²) in [4.78, 5) is 29.0.